The standard InChI is InChI=1S/C3H4O3S/c1-2-3(4)7(5)6/h2H,1H2,(H,5,6). The third-order valence-corrected chi connectivity index (χ3v) is 0.850. The first-order valence-corrected chi connectivity index (χ1v) is 2.56. The van der Waals surface area contributed by atoms with E-state index in [0.29, 0.717) is 0 Å². The van der Waals surface area contributed by atoms with Crippen molar-refractivity contribution in [2.24, 2.45) is 0 Å². The van der Waals surface area contributed by atoms with Crippen LogP contribution in [0, 0.1) is 0 Å². The maximum absolute atomic E-state index is 9.84. The van der Waals surface area contributed by atoms with E-state index in [9.17, 15) is 9.00 Å². The molecule has 0 saturated carbocycles. The van der Waals surface area contributed by atoms with Crippen molar-refractivity contribution in [1.29, 1.82) is 0 Å². The second kappa shape index (κ2) is 2.65. The molecule has 0 heterocycles. The molecule has 4 heteroatoms. The molecule has 0 saturated heterocycles. The molecule has 0 aromatic rings. The highest BCUT2D eigenvalue weighted by Crippen LogP contribution is 1.75. The molecule has 7 heavy (non-hydrogen) atoms. The smallest absolute Gasteiger partial charge is 0.268 e. The summed E-state index contributed by atoms with van der Waals surface area (Å²) in [7, 11) is 0. The maximum Gasteiger partial charge on any atom is 0.268 e. The van der Waals surface area contributed by atoms with Gasteiger partial charge in [-0.1, -0.05) is 6.58 Å². The summed E-state index contributed by atoms with van der Waals surface area (Å²) in [5.41, 5.74) is 0. The monoisotopic (exact) mass is 120 g/mol. The Morgan fingerprint density at radius 1 is 1.86 bits per heavy atom. The average molecular weight is 120 g/mol. The van der Waals surface area contributed by atoms with Crippen molar-refractivity contribution < 1.29 is 13.6 Å². The third kappa shape index (κ3) is 2.24. The lowest BCUT2D eigenvalue weighted by atomic mass is 10.7. The van der Waals surface area contributed by atoms with E-state index in [1.54, 1.807) is 0 Å². The second-order valence-electron chi connectivity index (χ2n) is 0.772. The van der Waals surface area contributed by atoms with E-state index in [2.05, 4.69) is 6.58 Å². The van der Waals surface area contributed by atoms with Gasteiger partial charge in [0.1, 0.15) is 0 Å². The summed E-state index contributed by atoms with van der Waals surface area (Å²) >= 11 is -2.37. The molecule has 0 aliphatic carbocycles. The van der Waals surface area contributed by atoms with E-state index < -0.39 is 16.2 Å². The molecule has 3 nitrogen and oxygen atoms in total. The Morgan fingerprint density at radius 3 is 2.29 bits per heavy atom. The van der Waals surface area contributed by atoms with E-state index in [4.69, 9.17) is 4.55 Å². The van der Waals surface area contributed by atoms with Crippen molar-refractivity contribution in [1.82, 2.24) is 0 Å². The number of hydrogen-bond donors (Lipinski definition) is 1. The zero-order valence-electron chi connectivity index (χ0n) is 3.46. The molecule has 0 aliphatic rings. The van der Waals surface area contributed by atoms with Gasteiger partial charge in [0.2, 0.25) is 11.1 Å². The average Bonchev–Trinajstić information content (AvgIpc) is 1.65. The van der Waals surface area contributed by atoms with Crippen LogP contribution in [0.2, 0.25) is 0 Å². The molecule has 0 rings (SSSR count). The molecule has 0 radical (unpaired) electrons. The number of carbonyl (C=O) groups is 1. The van der Waals surface area contributed by atoms with Crippen LogP contribution < -0.4 is 0 Å². The highest BCUT2D eigenvalue weighted by atomic mass is 32.2. The predicted octanol–water partition coefficient (Wildman–Crippen LogP) is -0.0793. The molecule has 0 aromatic heterocycles. The summed E-state index contributed by atoms with van der Waals surface area (Å²) in [6.45, 7) is 2.98. The van der Waals surface area contributed by atoms with Crippen molar-refractivity contribution in [3.05, 3.63) is 12.7 Å². The topological polar surface area (TPSA) is 54.4 Å². The molecule has 0 bridgehead atoms. The Labute approximate surface area is 43.3 Å². The van der Waals surface area contributed by atoms with Gasteiger partial charge in [-0.3, -0.25) is 9.35 Å². The van der Waals surface area contributed by atoms with Crippen LogP contribution >= 0.6 is 0 Å². The van der Waals surface area contributed by atoms with Gasteiger partial charge in [0, 0.05) is 0 Å². The molecular formula is C3H4O3S. The van der Waals surface area contributed by atoms with Gasteiger partial charge in [-0.15, -0.1) is 0 Å². The molecular weight excluding hydrogens is 116 g/mol. The van der Waals surface area contributed by atoms with Crippen molar-refractivity contribution in [2.75, 3.05) is 0 Å². The third-order valence-electron chi connectivity index (χ3n) is 0.339. The first-order chi connectivity index (χ1) is 3.18. The van der Waals surface area contributed by atoms with Crippen molar-refractivity contribution in [3.8, 4) is 0 Å². The lowest BCUT2D eigenvalue weighted by Gasteiger charge is -1.76. The highest BCUT2D eigenvalue weighted by Gasteiger charge is 1.98. The van der Waals surface area contributed by atoms with Gasteiger partial charge >= 0.3 is 0 Å². The first-order valence-electron chi connectivity index (χ1n) is 1.45. The normalized spacial score (nSPS) is 12.7. The lowest BCUT2D eigenvalue weighted by molar-refractivity contribution is -0.107. The molecule has 0 fully saturated rings. The summed E-state index contributed by atoms with van der Waals surface area (Å²) < 4.78 is 17.5. The molecule has 1 unspecified atom stereocenters. The fourth-order valence-electron chi connectivity index (χ4n) is 0.0713. The summed E-state index contributed by atoms with van der Waals surface area (Å²) in [6.07, 6.45) is 0.802. The fourth-order valence-corrected chi connectivity index (χ4v) is 0.214. The van der Waals surface area contributed by atoms with Crippen LogP contribution in [0.3, 0.4) is 0 Å². The van der Waals surface area contributed by atoms with Crippen molar-refractivity contribution >= 4 is 16.2 Å². The summed E-state index contributed by atoms with van der Waals surface area (Å²) in [4.78, 5) is 9.84. The Kier molecular flexibility index (Phi) is 2.47. The minimum Gasteiger partial charge on any atom is -0.300 e. The van der Waals surface area contributed by atoms with Crippen LogP contribution in [0.15, 0.2) is 12.7 Å². The van der Waals surface area contributed by atoms with Crippen molar-refractivity contribution in [2.45, 2.75) is 0 Å². The molecule has 40 valence electrons. The van der Waals surface area contributed by atoms with Crippen LogP contribution in [0.4, 0.5) is 0 Å². The van der Waals surface area contributed by atoms with Gasteiger partial charge in [0.05, 0.1) is 0 Å². The van der Waals surface area contributed by atoms with Gasteiger partial charge in [0.25, 0.3) is 5.12 Å². The second-order valence-corrected chi connectivity index (χ2v) is 1.67. The fraction of sp³-hybridized carbons (Fsp3) is 0. The number of hydrogen-bond acceptors (Lipinski definition) is 2. The van der Waals surface area contributed by atoms with Crippen molar-refractivity contribution in [3.63, 3.8) is 0 Å². The van der Waals surface area contributed by atoms with Gasteiger partial charge in [-0.05, 0) is 6.08 Å². The van der Waals surface area contributed by atoms with Gasteiger partial charge in [0.15, 0.2) is 0 Å². The molecule has 1 N–H and O–H groups in total. The molecule has 1 atom stereocenters. The minimum absolute atomic E-state index is 0.802. The zero-order valence-corrected chi connectivity index (χ0v) is 4.27. The Hall–Kier alpha value is -0.480. The predicted molar refractivity (Wildman–Crippen MR) is 26.0 cm³/mol. The number of carbonyl (C=O) groups excluding carboxylic acids is 1. The summed E-state index contributed by atoms with van der Waals surface area (Å²) in [6, 6.07) is 0. The summed E-state index contributed by atoms with van der Waals surface area (Å²) in [5.74, 6) is 0. The highest BCUT2D eigenvalue weighted by molar-refractivity contribution is 7.95. The first kappa shape index (κ1) is 6.52. The largest absolute Gasteiger partial charge is 0.300 e. The molecule has 0 spiro atoms. The van der Waals surface area contributed by atoms with Crippen LogP contribution in [0.25, 0.3) is 0 Å². The molecule has 0 amide bonds. The van der Waals surface area contributed by atoms with E-state index in [1.807, 2.05) is 0 Å². The zero-order chi connectivity index (χ0) is 5.86. The van der Waals surface area contributed by atoms with Crippen LogP contribution in [0.5, 0.6) is 0 Å². The molecule has 0 aliphatic heterocycles. The Bertz CT molecular complexity index is 117. The summed E-state index contributed by atoms with van der Waals surface area (Å²) in [5, 5.41) is -0.861. The SMILES string of the molecule is C=CC(=O)S(=O)O. The van der Waals surface area contributed by atoms with E-state index in [1.165, 1.54) is 0 Å². The van der Waals surface area contributed by atoms with Gasteiger partial charge < -0.3 is 0 Å². The maximum atomic E-state index is 9.84. The quantitative estimate of drug-likeness (QED) is 0.389. The number of rotatable bonds is 1. The lowest BCUT2D eigenvalue weighted by Crippen LogP contribution is -1.99. The Balaban J connectivity index is 3.81. The Morgan fingerprint density at radius 2 is 2.29 bits per heavy atom. The van der Waals surface area contributed by atoms with Crippen LogP contribution in [0.1, 0.15) is 0 Å². The van der Waals surface area contributed by atoms with E-state index in [-0.39, 0.29) is 0 Å². The minimum atomic E-state index is -2.37. The van der Waals surface area contributed by atoms with E-state index in [0.717, 1.165) is 6.08 Å². The van der Waals surface area contributed by atoms with Gasteiger partial charge in [-0.25, -0.2) is 4.21 Å². The van der Waals surface area contributed by atoms with E-state index >= 15 is 0 Å². The van der Waals surface area contributed by atoms with Crippen LogP contribution in [-0.2, 0) is 15.9 Å². The molecule has 0 aromatic carbocycles. The van der Waals surface area contributed by atoms with Crippen LogP contribution in [-0.4, -0.2) is 13.9 Å². The van der Waals surface area contributed by atoms with Gasteiger partial charge in [-0.2, -0.15) is 0 Å².